The predicted molar refractivity (Wildman–Crippen MR) is 220 cm³/mol. The molecule has 0 N–H and O–H groups in total. The van der Waals surface area contributed by atoms with Crippen LogP contribution in [0.25, 0.3) is 78.9 Å². The quantitative estimate of drug-likeness (QED) is 0.180. The van der Waals surface area contributed by atoms with Crippen molar-refractivity contribution in [3.05, 3.63) is 180 Å². The van der Waals surface area contributed by atoms with Gasteiger partial charge < -0.3 is 0 Å². The van der Waals surface area contributed by atoms with Gasteiger partial charge in [0.05, 0.1) is 22.8 Å². The molecule has 0 radical (unpaired) electrons. The van der Waals surface area contributed by atoms with Crippen LogP contribution in [0.3, 0.4) is 0 Å². The summed E-state index contributed by atoms with van der Waals surface area (Å²) in [7, 11) is 0. The topological polar surface area (TPSA) is 51.6 Å². The molecule has 2 aliphatic carbocycles. The van der Waals surface area contributed by atoms with Crippen molar-refractivity contribution in [1.82, 2.24) is 19.9 Å². The summed E-state index contributed by atoms with van der Waals surface area (Å²) in [6.07, 6.45) is 0. The molecule has 2 aliphatic rings. The maximum absolute atomic E-state index is 5.32. The summed E-state index contributed by atoms with van der Waals surface area (Å²) in [5.41, 5.74) is 17.2. The third-order valence-electron chi connectivity index (χ3n) is 11.5. The monoisotopic (exact) mass is 694 g/mol. The van der Waals surface area contributed by atoms with E-state index in [1.807, 2.05) is 36.4 Å². The molecule has 0 bridgehead atoms. The van der Waals surface area contributed by atoms with E-state index in [1.54, 1.807) is 0 Å². The average molecular weight is 695 g/mol. The molecule has 0 saturated carbocycles. The molecule has 0 aliphatic heterocycles. The molecule has 2 heterocycles. The van der Waals surface area contributed by atoms with Crippen LogP contribution in [0.5, 0.6) is 0 Å². The van der Waals surface area contributed by atoms with Crippen molar-refractivity contribution < 1.29 is 0 Å². The number of aromatic nitrogens is 4. The van der Waals surface area contributed by atoms with Crippen molar-refractivity contribution in [1.29, 1.82) is 0 Å². The molecule has 0 fully saturated rings. The summed E-state index contributed by atoms with van der Waals surface area (Å²) in [5.74, 6) is 1.48. The van der Waals surface area contributed by atoms with Crippen LogP contribution < -0.4 is 0 Å². The van der Waals surface area contributed by atoms with Gasteiger partial charge in [-0.05, 0) is 28.3 Å². The van der Waals surface area contributed by atoms with Crippen molar-refractivity contribution >= 4 is 0 Å². The Kier molecular flexibility index (Phi) is 7.15. The summed E-state index contributed by atoms with van der Waals surface area (Å²) in [6, 6.07) is 55.6. The zero-order valence-corrected chi connectivity index (χ0v) is 30.8. The lowest BCUT2D eigenvalue weighted by atomic mass is 9.80. The van der Waals surface area contributed by atoms with E-state index >= 15 is 0 Å². The normalized spacial score (nSPS) is 14.2. The van der Waals surface area contributed by atoms with E-state index in [1.165, 1.54) is 33.4 Å². The highest BCUT2D eigenvalue weighted by atomic mass is 14.9. The zero-order chi connectivity index (χ0) is 36.6. The molecule has 0 spiro atoms. The molecule has 54 heavy (non-hydrogen) atoms. The highest BCUT2D eigenvalue weighted by Crippen LogP contribution is 2.53. The standard InChI is InChI=1S/C50H38N4/c1-49(2)39-24-13-11-22-37(39)45-41(49)43(51-47(53-45)33-16-7-5-8-17-33)32-28-26-31(27-29-32)35-20-15-21-36(30-35)44-42-46(38-23-12-14-25-40(38)50(42,3)4)54-48(52-44)34-18-9-6-10-19-34/h5-30H,1-4H3. The number of rotatable bonds is 5. The van der Waals surface area contributed by atoms with Crippen molar-refractivity contribution in [3.63, 3.8) is 0 Å². The van der Waals surface area contributed by atoms with Crippen molar-refractivity contribution in [3.8, 4) is 78.9 Å². The maximum atomic E-state index is 5.32. The molecule has 0 saturated heterocycles. The second-order valence-corrected chi connectivity index (χ2v) is 15.5. The summed E-state index contributed by atoms with van der Waals surface area (Å²) < 4.78 is 0. The van der Waals surface area contributed by atoms with Crippen LogP contribution in [0.2, 0.25) is 0 Å². The molecule has 10 rings (SSSR count). The largest absolute Gasteiger partial charge is 0.228 e. The first-order chi connectivity index (χ1) is 26.3. The number of hydrogen-bond donors (Lipinski definition) is 0. The Morgan fingerprint density at radius 3 is 1.22 bits per heavy atom. The smallest absolute Gasteiger partial charge is 0.160 e. The Morgan fingerprint density at radius 1 is 0.315 bits per heavy atom. The van der Waals surface area contributed by atoms with Gasteiger partial charge in [0.25, 0.3) is 0 Å². The summed E-state index contributed by atoms with van der Waals surface area (Å²) in [5, 5.41) is 0. The summed E-state index contributed by atoms with van der Waals surface area (Å²) >= 11 is 0. The number of fused-ring (bicyclic) bond motifs is 6. The van der Waals surface area contributed by atoms with Crippen LogP contribution in [-0.4, -0.2) is 19.9 Å². The second kappa shape index (κ2) is 12.0. The molecule has 0 unspecified atom stereocenters. The summed E-state index contributed by atoms with van der Waals surface area (Å²) in [6.45, 7) is 9.17. The molecule has 4 nitrogen and oxygen atoms in total. The Hall–Kier alpha value is -6.52. The van der Waals surface area contributed by atoms with E-state index in [9.17, 15) is 0 Å². The first-order valence-electron chi connectivity index (χ1n) is 18.7. The van der Waals surface area contributed by atoms with Gasteiger partial charge in [-0.3, -0.25) is 0 Å². The van der Waals surface area contributed by atoms with Gasteiger partial charge in [0.15, 0.2) is 11.6 Å². The van der Waals surface area contributed by atoms with Gasteiger partial charge in [0, 0.05) is 55.3 Å². The van der Waals surface area contributed by atoms with E-state index in [2.05, 4.69) is 149 Å². The third kappa shape index (κ3) is 4.90. The molecule has 258 valence electrons. The fourth-order valence-electron chi connectivity index (χ4n) is 8.75. The van der Waals surface area contributed by atoms with E-state index in [0.717, 1.165) is 67.8 Å². The Labute approximate surface area is 316 Å². The molecular formula is C50H38N4. The first kappa shape index (κ1) is 32.2. The second-order valence-electron chi connectivity index (χ2n) is 15.5. The van der Waals surface area contributed by atoms with Crippen LogP contribution in [0, 0.1) is 0 Å². The molecule has 0 amide bonds. The Morgan fingerprint density at radius 2 is 0.704 bits per heavy atom. The van der Waals surface area contributed by atoms with Crippen LogP contribution >= 0.6 is 0 Å². The van der Waals surface area contributed by atoms with E-state index in [0.29, 0.717) is 0 Å². The van der Waals surface area contributed by atoms with Gasteiger partial charge in [-0.25, -0.2) is 19.9 Å². The minimum absolute atomic E-state index is 0.243. The number of hydrogen-bond acceptors (Lipinski definition) is 4. The van der Waals surface area contributed by atoms with Crippen LogP contribution in [0.1, 0.15) is 49.9 Å². The van der Waals surface area contributed by atoms with Crippen LogP contribution in [0.4, 0.5) is 0 Å². The van der Waals surface area contributed by atoms with E-state index in [4.69, 9.17) is 19.9 Å². The predicted octanol–water partition coefficient (Wildman–Crippen LogP) is 12.2. The van der Waals surface area contributed by atoms with Gasteiger partial charge in [-0.15, -0.1) is 0 Å². The minimum Gasteiger partial charge on any atom is -0.228 e. The van der Waals surface area contributed by atoms with E-state index in [-0.39, 0.29) is 10.8 Å². The van der Waals surface area contributed by atoms with Crippen LogP contribution in [-0.2, 0) is 10.8 Å². The van der Waals surface area contributed by atoms with Gasteiger partial charge in [0.1, 0.15) is 0 Å². The van der Waals surface area contributed by atoms with Gasteiger partial charge in [0.2, 0.25) is 0 Å². The zero-order valence-electron chi connectivity index (χ0n) is 30.8. The average Bonchev–Trinajstić information content (AvgIpc) is 3.60. The molecule has 8 aromatic rings. The maximum Gasteiger partial charge on any atom is 0.160 e. The highest BCUT2D eigenvalue weighted by molar-refractivity contribution is 5.88. The number of benzene rings is 6. The third-order valence-corrected chi connectivity index (χ3v) is 11.5. The van der Waals surface area contributed by atoms with Gasteiger partial charge in [-0.1, -0.05) is 179 Å². The molecule has 4 heteroatoms. The lowest BCUT2D eigenvalue weighted by Crippen LogP contribution is -2.17. The van der Waals surface area contributed by atoms with E-state index < -0.39 is 0 Å². The van der Waals surface area contributed by atoms with Crippen molar-refractivity contribution in [2.75, 3.05) is 0 Å². The SMILES string of the molecule is CC1(C)c2ccccc2-c2nc(-c3ccccc3)nc(-c3ccc(-c4cccc(-c5nc(-c6ccccc6)nc6c5C(C)(C)c5ccccc5-6)c4)cc3)c21. The Balaban J connectivity index is 1.09. The summed E-state index contributed by atoms with van der Waals surface area (Å²) in [4.78, 5) is 21.0. The van der Waals surface area contributed by atoms with Crippen molar-refractivity contribution in [2.45, 2.75) is 38.5 Å². The van der Waals surface area contributed by atoms with Crippen LogP contribution in [0.15, 0.2) is 158 Å². The molecule has 6 aromatic carbocycles. The first-order valence-corrected chi connectivity index (χ1v) is 18.7. The van der Waals surface area contributed by atoms with Gasteiger partial charge >= 0.3 is 0 Å². The lowest BCUT2D eigenvalue weighted by Gasteiger charge is -2.24. The highest BCUT2D eigenvalue weighted by Gasteiger charge is 2.41. The number of nitrogens with zero attached hydrogens (tertiary/aromatic N) is 4. The lowest BCUT2D eigenvalue weighted by molar-refractivity contribution is 0.657. The van der Waals surface area contributed by atoms with Crippen molar-refractivity contribution in [2.24, 2.45) is 0 Å². The van der Waals surface area contributed by atoms with Gasteiger partial charge in [-0.2, -0.15) is 0 Å². The molecular weight excluding hydrogens is 657 g/mol. The molecule has 2 aromatic heterocycles. The fourth-order valence-corrected chi connectivity index (χ4v) is 8.75. The fraction of sp³-hybridized carbons (Fsp3) is 0.120. The Bertz CT molecular complexity index is 2750. The molecule has 0 atom stereocenters. The minimum atomic E-state index is -0.252.